The Kier molecular flexibility index (Phi) is 6.91. The summed E-state index contributed by atoms with van der Waals surface area (Å²) in [5, 5.41) is 3.30. The van der Waals surface area contributed by atoms with Gasteiger partial charge in [0.1, 0.15) is 24.0 Å². The van der Waals surface area contributed by atoms with Crippen LogP contribution in [0.5, 0.6) is 5.75 Å². The van der Waals surface area contributed by atoms with Gasteiger partial charge in [-0.3, -0.25) is 14.5 Å². The normalized spacial score (nSPS) is 11.0. The van der Waals surface area contributed by atoms with Gasteiger partial charge in [0.15, 0.2) is 0 Å². The van der Waals surface area contributed by atoms with Crippen LogP contribution in [0.2, 0.25) is 0 Å². The molecule has 1 amide bonds. The Morgan fingerprint density at radius 2 is 2.07 bits per heavy atom. The van der Waals surface area contributed by atoms with Crippen LogP contribution in [0.4, 0.5) is 4.39 Å². The molecule has 0 spiro atoms. The van der Waals surface area contributed by atoms with Crippen molar-refractivity contribution in [1.29, 1.82) is 0 Å². The molecule has 3 rings (SSSR count). The molecule has 0 aliphatic heterocycles. The van der Waals surface area contributed by atoms with Crippen LogP contribution >= 0.6 is 0 Å². The molecule has 3 aromatic rings. The number of nitrogens with one attached hydrogen (secondary N) is 2. The molecule has 0 fully saturated rings. The van der Waals surface area contributed by atoms with Crippen molar-refractivity contribution in [3.05, 3.63) is 70.5 Å². The predicted octanol–water partition coefficient (Wildman–Crippen LogP) is 2.08. The van der Waals surface area contributed by atoms with Crippen molar-refractivity contribution < 1.29 is 13.9 Å². The molecule has 0 aliphatic rings. The van der Waals surface area contributed by atoms with Gasteiger partial charge >= 0.3 is 0 Å². The van der Waals surface area contributed by atoms with Gasteiger partial charge in [-0.25, -0.2) is 9.37 Å². The number of H-pyrrole nitrogens is 1. The molecule has 0 radical (unpaired) electrons. The second-order valence-corrected chi connectivity index (χ2v) is 6.49. The summed E-state index contributed by atoms with van der Waals surface area (Å²) >= 11 is 0. The van der Waals surface area contributed by atoms with Gasteiger partial charge in [0.05, 0.1) is 30.5 Å². The second-order valence-electron chi connectivity index (χ2n) is 6.49. The van der Waals surface area contributed by atoms with Crippen LogP contribution in [0.1, 0.15) is 12.7 Å². The Morgan fingerprint density at radius 1 is 1.24 bits per heavy atom. The van der Waals surface area contributed by atoms with E-state index in [1.54, 1.807) is 30.3 Å². The minimum Gasteiger partial charge on any atom is -0.492 e. The SMILES string of the molecule is CCN(CC(=O)NCCOc1cccc(F)c1)Cc1nc2ccccc2c(=O)[nH]1. The average Bonchev–Trinajstić information content (AvgIpc) is 2.71. The largest absolute Gasteiger partial charge is 0.492 e. The van der Waals surface area contributed by atoms with Crippen molar-refractivity contribution in [2.24, 2.45) is 0 Å². The summed E-state index contributed by atoms with van der Waals surface area (Å²) in [6.45, 7) is 3.60. The minimum absolute atomic E-state index is 0.160. The molecule has 152 valence electrons. The fourth-order valence-corrected chi connectivity index (χ4v) is 2.88. The van der Waals surface area contributed by atoms with Gasteiger partial charge in [-0.1, -0.05) is 25.1 Å². The van der Waals surface area contributed by atoms with Crippen molar-refractivity contribution in [3.8, 4) is 5.75 Å². The highest BCUT2D eigenvalue weighted by Crippen LogP contribution is 2.11. The number of benzene rings is 2. The summed E-state index contributed by atoms with van der Waals surface area (Å²) < 4.78 is 18.5. The van der Waals surface area contributed by atoms with Crippen LogP contribution in [0, 0.1) is 5.82 Å². The van der Waals surface area contributed by atoms with E-state index in [1.165, 1.54) is 12.1 Å². The lowest BCUT2D eigenvalue weighted by Gasteiger charge is -2.19. The number of hydrogen-bond donors (Lipinski definition) is 2. The van der Waals surface area contributed by atoms with Gasteiger partial charge in [0, 0.05) is 6.07 Å². The number of aromatic amines is 1. The molecule has 7 nitrogen and oxygen atoms in total. The van der Waals surface area contributed by atoms with Gasteiger partial charge in [-0.15, -0.1) is 0 Å². The molecule has 0 saturated heterocycles. The topological polar surface area (TPSA) is 87.3 Å². The number of rotatable bonds is 9. The first-order chi connectivity index (χ1) is 14.0. The molecule has 8 heteroatoms. The molecular formula is C21H23FN4O3. The van der Waals surface area contributed by atoms with Crippen LogP contribution in [-0.4, -0.2) is 47.0 Å². The third kappa shape index (κ3) is 5.86. The third-order valence-electron chi connectivity index (χ3n) is 4.34. The smallest absolute Gasteiger partial charge is 0.258 e. The van der Waals surface area contributed by atoms with Crippen LogP contribution in [0.3, 0.4) is 0 Å². The monoisotopic (exact) mass is 398 g/mol. The lowest BCUT2D eigenvalue weighted by Crippen LogP contribution is -2.39. The molecule has 0 unspecified atom stereocenters. The Labute approximate surface area is 167 Å². The first kappa shape index (κ1) is 20.5. The van der Waals surface area contributed by atoms with Crippen LogP contribution in [0.15, 0.2) is 53.3 Å². The highest BCUT2D eigenvalue weighted by atomic mass is 19.1. The van der Waals surface area contributed by atoms with Crippen LogP contribution in [-0.2, 0) is 11.3 Å². The van der Waals surface area contributed by atoms with Gasteiger partial charge in [0.2, 0.25) is 5.91 Å². The summed E-state index contributed by atoms with van der Waals surface area (Å²) in [7, 11) is 0. The van der Waals surface area contributed by atoms with E-state index in [0.717, 1.165) is 0 Å². The molecule has 29 heavy (non-hydrogen) atoms. The van der Waals surface area contributed by atoms with Gasteiger partial charge in [-0.05, 0) is 30.8 Å². The van der Waals surface area contributed by atoms with Crippen LogP contribution in [0.25, 0.3) is 10.9 Å². The summed E-state index contributed by atoms with van der Waals surface area (Å²) in [6, 6.07) is 13.0. The maximum absolute atomic E-state index is 13.1. The number of carbonyl (C=O) groups excluding carboxylic acids is 1. The number of aromatic nitrogens is 2. The first-order valence-corrected chi connectivity index (χ1v) is 9.40. The zero-order valence-corrected chi connectivity index (χ0v) is 16.2. The zero-order chi connectivity index (χ0) is 20.6. The van der Waals surface area contributed by atoms with Crippen molar-refractivity contribution in [3.63, 3.8) is 0 Å². The molecule has 0 aliphatic carbocycles. The number of ether oxygens (including phenoxy) is 1. The van der Waals surface area contributed by atoms with E-state index in [-0.39, 0.29) is 30.4 Å². The number of hydrogen-bond acceptors (Lipinski definition) is 5. The van der Waals surface area contributed by atoms with E-state index in [4.69, 9.17) is 4.74 Å². The molecule has 1 heterocycles. The predicted molar refractivity (Wildman–Crippen MR) is 108 cm³/mol. The van der Waals surface area contributed by atoms with E-state index in [1.807, 2.05) is 17.9 Å². The van der Waals surface area contributed by atoms with Crippen molar-refractivity contribution in [2.75, 3.05) is 26.2 Å². The van der Waals surface area contributed by atoms with Crippen molar-refractivity contribution in [2.45, 2.75) is 13.5 Å². The Hall–Kier alpha value is -3.26. The fraction of sp³-hybridized carbons (Fsp3) is 0.286. The van der Waals surface area contributed by atoms with Crippen molar-refractivity contribution >= 4 is 16.8 Å². The van der Waals surface area contributed by atoms with Gasteiger partial charge < -0.3 is 15.0 Å². The highest BCUT2D eigenvalue weighted by molar-refractivity contribution is 5.78. The van der Waals surface area contributed by atoms with Crippen molar-refractivity contribution in [1.82, 2.24) is 20.2 Å². The number of para-hydroxylation sites is 1. The molecule has 2 aromatic carbocycles. The molecule has 1 aromatic heterocycles. The lowest BCUT2D eigenvalue weighted by molar-refractivity contribution is -0.122. The van der Waals surface area contributed by atoms with E-state index in [0.29, 0.717) is 42.1 Å². The quantitative estimate of drug-likeness (QED) is 0.539. The number of fused-ring (bicyclic) bond motifs is 1. The second kappa shape index (κ2) is 9.79. The first-order valence-electron chi connectivity index (χ1n) is 9.40. The minimum atomic E-state index is -0.370. The number of amides is 1. The fourth-order valence-electron chi connectivity index (χ4n) is 2.88. The summed E-state index contributed by atoms with van der Waals surface area (Å²) in [6.07, 6.45) is 0. The average molecular weight is 398 g/mol. The highest BCUT2D eigenvalue weighted by Gasteiger charge is 2.12. The van der Waals surface area contributed by atoms with E-state index in [9.17, 15) is 14.0 Å². The van der Waals surface area contributed by atoms with E-state index < -0.39 is 0 Å². The standard InChI is InChI=1S/C21H23FN4O3/c1-2-26(13-19-24-18-9-4-3-8-17(18)21(28)25-19)14-20(27)23-10-11-29-16-7-5-6-15(22)12-16/h3-9,12H,2,10-11,13-14H2,1H3,(H,23,27)(H,24,25,28). The number of halogens is 1. The lowest BCUT2D eigenvalue weighted by atomic mass is 10.2. The Bertz CT molecular complexity index is 1040. The third-order valence-corrected chi connectivity index (χ3v) is 4.34. The maximum atomic E-state index is 13.1. The number of carbonyl (C=O) groups is 1. The molecule has 0 saturated carbocycles. The summed E-state index contributed by atoms with van der Waals surface area (Å²) in [4.78, 5) is 33.5. The summed E-state index contributed by atoms with van der Waals surface area (Å²) in [5.74, 6) is 0.391. The molecular weight excluding hydrogens is 375 g/mol. The van der Waals surface area contributed by atoms with E-state index >= 15 is 0 Å². The maximum Gasteiger partial charge on any atom is 0.258 e. The molecule has 2 N–H and O–H groups in total. The van der Waals surface area contributed by atoms with Gasteiger partial charge in [-0.2, -0.15) is 0 Å². The molecule has 0 atom stereocenters. The zero-order valence-electron chi connectivity index (χ0n) is 16.2. The number of nitrogens with zero attached hydrogens (tertiary/aromatic N) is 2. The Morgan fingerprint density at radius 3 is 2.86 bits per heavy atom. The molecule has 0 bridgehead atoms. The summed E-state index contributed by atoms with van der Waals surface area (Å²) in [5.41, 5.74) is 0.432. The van der Waals surface area contributed by atoms with E-state index in [2.05, 4.69) is 15.3 Å². The number of likely N-dealkylation sites (N-methyl/N-ethyl adjacent to an activating group) is 1. The van der Waals surface area contributed by atoms with Gasteiger partial charge in [0.25, 0.3) is 5.56 Å². The Balaban J connectivity index is 1.49. The van der Waals surface area contributed by atoms with Crippen LogP contribution < -0.4 is 15.6 Å².